The Balaban J connectivity index is 2.09. The first-order valence-corrected chi connectivity index (χ1v) is 6.36. The number of ether oxygens (including phenoxy) is 1. The van der Waals surface area contributed by atoms with Crippen LogP contribution in [0, 0.1) is 0 Å². The predicted octanol–water partition coefficient (Wildman–Crippen LogP) is 0.877. The molecule has 3 unspecified atom stereocenters. The van der Waals surface area contributed by atoms with Crippen molar-refractivity contribution in [2.45, 2.75) is 50.4 Å². The van der Waals surface area contributed by atoms with E-state index in [2.05, 4.69) is 9.64 Å². The van der Waals surface area contributed by atoms with Crippen LogP contribution in [0.25, 0.3) is 0 Å². The van der Waals surface area contributed by atoms with E-state index in [0.717, 1.165) is 25.8 Å². The summed E-state index contributed by atoms with van der Waals surface area (Å²) < 4.78 is 18.8. The van der Waals surface area contributed by atoms with Gasteiger partial charge in [0.1, 0.15) is 5.60 Å². The van der Waals surface area contributed by atoms with Crippen molar-refractivity contribution in [1.29, 1.82) is 0 Å². The summed E-state index contributed by atoms with van der Waals surface area (Å²) >= 11 is 0. The van der Waals surface area contributed by atoms with Crippen LogP contribution in [0.3, 0.4) is 0 Å². The molecule has 2 rings (SSSR count). The van der Waals surface area contributed by atoms with Gasteiger partial charge in [0.15, 0.2) is 0 Å². The quantitative estimate of drug-likeness (QED) is 0.750. The third kappa shape index (κ3) is 2.18. The maximum atomic E-state index is 14.1. The number of fused-ring (bicyclic) bond motifs is 1. The van der Waals surface area contributed by atoms with Gasteiger partial charge >= 0.3 is 5.97 Å². The minimum absolute atomic E-state index is 0.143. The van der Waals surface area contributed by atoms with Crippen LogP contribution in [0.15, 0.2) is 0 Å². The topological polar surface area (TPSA) is 49.8 Å². The van der Waals surface area contributed by atoms with E-state index in [0.29, 0.717) is 13.0 Å². The molecule has 0 spiro atoms. The summed E-state index contributed by atoms with van der Waals surface area (Å²) in [5.74, 6) is -0.928. The minimum Gasteiger partial charge on any atom is -0.464 e. The summed E-state index contributed by atoms with van der Waals surface area (Å²) in [5.41, 5.74) is -1.55. The van der Waals surface area contributed by atoms with Crippen LogP contribution in [0.5, 0.6) is 0 Å². The highest BCUT2D eigenvalue weighted by Gasteiger charge is 2.55. The van der Waals surface area contributed by atoms with Gasteiger partial charge in [-0.15, -0.1) is 0 Å². The second-order valence-corrected chi connectivity index (χ2v) is 4.90. The standard InChI is InChI=1S/C12H20FNO3/c1-2-17-11(15)10(13)12(16)6-8-14-7-4-3-5-9(12)14/h9-10,16H,2-8H2,1H3. The van der Waals surface area contributed by atoms with E-state index in [1.807, 2.05) is 0 Å². The van der Waals surface area contributed by atoms with Crippen LogP contribution in [-0.4, -0.2) is 53.5 Å². The predicted molar refractivity (Wildman–Crippen MR) is 60.3 cm³/mol. The molecule has 17 heavy (non-hydrogen) atoms. The number of rotatable bonds is 3. The summed E-state index contributed by atoms with van der Waals surface area (Å²) in [7, 11) is 0. The average molecular weight is 245 g/mol. The van der Waals surface area contributed by atoms with Crippen LogP contribution < -0.4 is 0 Å². The van der Waals surface area contributed by atoms with E-state index < -0.39 is 17.7 Å². The zero-order valence-corrected chi connectivity index (χ0v) is 10.2. The number of hydrogen-bond donors (Lipinski definition) is 1. The molecule has 0 saturated carbocycles. The van der Waals surface area contributed by atoms with Crippen molar-refractivity contribution in [3.8, 4) is 0 Å². The Morgan fingerprint density at radius 2 is 2.35 bits per heavy atom. The van der Waals surface area contributed by atoms with Gasteiger partial charge in [-0.25, -0.2) is 9.18 Å². The van der Waals surface area contributed by atoms with Gasteiger partial charge in [-0.2, -0.15) is 0 Å². The van der Waals surface area contributed by atoms with Crippen molar-refractivity contribution >= 4 is 5.97 Å². The Labute approximate surface area is 101 Å². The fourth-order valence-electron chi connectivity index (χ4n) is 3.03. The summed E-state index contributed by atoms with van der Waals surface area (Å²) in [5, 5.41) is 10.4. The lowest BCUT2D eigenvalue weighted by Crippen LogP contribution is -2.55. The minimum atomic E-state index is -1.92. The van der Waals surface area contributed by atoms with Crippen LogP contribution in [0.4, 0.5) is 4.39 Å². The molecule has 0 amide bonds. The third-order valence-corrected chi connectivity index (χ3v) is 3.92. The summed E-state index contributed by atoms with van der Waals surface area (Å²) in [6, 6.07) is -0.226. The fourth-order valence-corrected chi connectivity index (χ4v) is 3.03. The lowest BCUT2D eigenvalue weighted by molar-refractivity contribution is -0.163. The normalized spacial score (nSPS) is 35.4. The molecule has 0 bridgehead atoms. The Morgan fingerprint density at radius 1 is 1.59 bits per heavy atom. The number of aliphatic hydroxyl groups is 1. The van der Waals surface area contributed by atoms with Crippen molar-refractivity contribution in [3.63, 3.8) is 0 Å². The van der Waals surface area contributed by atoms with Crippen LogP contribution in [-0.2, 0) is 9.53 Å². The average Bonchev–Trinajstić information content (AvgIpc) is 2.68. The summed E-state index contributed by atoms with van der Waals surface area (Å²) in [6.07, 6.45) is 1.23. The maximum Gasteiger partial charge on any atom is 0.343 e. The van der Waals surface area contributed by atoms with E-state index >= 15 is 0 Å². The molecular formula is C12H20FNO3. The van der Waals surface area contributed by atoms with Crippen molar-refractivity contribution in [3.05, 3.63) is 0 Å². The molecule has 2 saturated heterocycles. The first kappa shape index (κ1) is 12.8. The Kier molecular flexibility index (Phi) is 3.68. The van der Waals surface area contributed by atoms with Gasteiger partial charge in [0.25, 0.3) is 0 Å². The monoisotopic (exact) mass is 245 g/mol. The molecule has 0 aromatic carbocycles. The zero-order chi connectivity index (χ0) is 12.5. The Morgan fingerprint density at radius 3 is 3.06 bits per heavy atom. The van der Waals surface area contributed by atoms with Crippen LogP contribution >= 0.6 is 0 Å². The van der Waals surface area contributed by atoms with E-state index in [1.165, 1.54) is 0 Å². The van der Waals surface area contributed by atoms with Gasteiger partial charge in [-0.05, 0) is 32.7 Å². The molecule has 2 aliphatic rings. The smallest absolute Gasteiger partial charge is 0.343 e. The first-order chi connectivity index (χ1) is 8.09. The first-order valence-electron chi connectivity index (χ1n) is 6.36. The molecule has 0 aliphatic carbocycles. The van der Waals surface area contributed by atoms with Crippen LogP contribution in [0.2, 0.25) is 0 Å². The molecule has 1 N–H and O–H groups in total. The Hall–Kier alpha value is -0.680. The second kappa shape index (κ2) is 4.90. The molecule has 4 nitrogen and oxygen atoms in total. The second-order valence-electron chi connectivity index (χ2n) is 4.90. The molecular weight excluding hydrogens is 225 g/mol. The van der Waals surface area contributed by atoms with Gasteiger partial charge in [-0.3, -0.25) is 4.90 Å². The molecule has 0 aromatic heterocycles. The van der Waals surface area contributed by atoms with Gasteiger partial charge in [0, 0.05) is 12.6 Å². The number of halogens is 1. The highest BCUT2D eigenvalue weighted by atomic mass is 19.1. The largest absolute Gasteiger partial charge is 0.464 e. The van der Waals surface area contributed by atoms with Gasteiger partial charge in [0.2, 0.25) is 6.17 Å². The number of hydrogen-bond acceptors (Lipinski definition) is 4. The Bertz CT molecular complexity index is 299. The van der Waals surface area contributed by atoms with Gasteiger partial charge < -0.3 is 9.84 Å². The van der Waals surface area contributed by atoms with Crippen molar-refractivity contribution < 1.29 is 19.0 Å². The summed E-state index contributed by atoms with van der Waals surface area (Å²) in [6.45, 7) is 3.34. The number of esters is 1. The third-order valence-electron chi connectivity index (χ3n) is 3.92. The summed E-state index contributed by atoms with van der Waals surface area (Å²) in [4.78, 5) is 13.5. The highest BCUT2D eigenvalue weighted by Crippen LogP contribution is 2.38. The molecule has 0 radical (unpaired) electrons. The maximum absolute atomic E-state index is 14.1. The van der Waals surface area contributed by atoms with E-state index in [-0.39, 0.29) is 12.6 Å². The van der Waals surface area contributed by atoms with E-state index in [9.17, 15) is 14.3 Å². The fraction of sp³-hybridized carbons (Fsp3) is 0.917. The SMILES string of the molecule is CCOC(=O)C(F)C1(O)CCN2CCCCC21. The number of carbonyl (C=O) groups is 1. The van der Waals surface area contributed by atoms with E-state index in [4.69, 9.17) is 0 Å². The van der Waals surface area contributed by atoms with Gasteiger partial charge in [0.05, 0.1) is 6.61 Å². The lowest BCUT2D eigenvalue weighted by atomic mass is 9.85. The number of piperidine rings is 1. The van der Waals surface area contributed by atoms with Crippen LogP contribution in [0.1, 0.15) is 32.6 Å². The number of carbonyl (C=O) groups excluding carboxylic acids is 1. The van der Waals surface area contributed by atoms with E-state index in [1.54, 1.807) is 6.92 Å². The molecule has 2 heterocycles. The molecule has 98 valence electrons. The molecule has 0 aromatic rings. The van der Waals surface area contributed by atoms with Gasteiger partial charge in [-0.1, -0.05) is 6.42 Å². The number of alkyl halides is 1. The zero-order valence-electron chi connectivity index (χ0n) is 10.2. The highest BCUT2D eigenvalue weighted by molar-refractivity contribution is 5.76. The molecule has 2 aliphatic heterocycles. The van der Waals surface area contributed by atoms with Crippen molar-refractivity contribution in [1.82, 2.24) is 4.90 Å². The molecule has 3 atom stereocenters. The van der Waals surface area contributed by atoms with Crippen molar-refractivity contribution in [2.24, 2.45) is 0 Å². The van der Waals surface area contributed by atoms with Crippen molar-refractivity contribution in [2.75, 3.05) is 19.7 Å². The number of nitrogens with zero attached hydrogens (tertiary/aromatic N) is 1. The molecule has 5 heteroatoms. The lowest BCUT2D eigenvalue weighted by Gasteiger charge is -2.38. The molecule has 2 fully saturated rings.